The fourth-order valence-corrected chi connectivity index (χ4v) is 18.5. The number of nitrogens with zero attached hydrogens (tertiary/aromatic N) is 6. The number of carbonyl (C=O) groups is 6. The zero-order valence-corrected chi connectivity index (χ0v) is 93.9. The van der Waals surface area contributed by atoms with Crippen molar-refractivity contribution in [1.29, 1.82) is 0 Å². The maximum Gasteiger partial charge on any atom is 0.341 e. The smallest absolute Gasteiger partial charge is 0.341 e. The molecule has 830 valence electrons. The molecule has 0 aliphatic carbocycles. The van der Waals surface area contributed by atoms with Gasteiger partial charge in [-0.05, 0) is 316 Å². The summed E-state index contributed by atoms with van der Waals surface area (Å²) < 4.78 is 67.3. The molecule has 5 heterocycles. The van der Waals surface area contributed by atoms with Crippen LogP contribution in [0.2, 0.25) is 0 Å². The second-order valence-corrected chi connectivity index (χ2v) is 41.9. The Kier molecular flexibility index (Phi) is 59.5. The Bertz CT molecular complexity index is 4790. The lowest BCUT2D eigenvalue weighted by Gasteiger charge is -2.36. The monoisotopic (exact) mass is 2060 g/mol. The molecule has 6 aromatic rings. The summed E-state index contributed by atoms with van der Waals surface area (Å²) in [6.07, 6.45) is 25.5. The molecule has 6 atom stereocenters. The van der Waals surface area contributed by atoms with E-state index < -0.39 is 0 Å². The van der Waals surface area contributed by atoms with Gasteiger partial charge in [-0.15, -0.1) is 0 Å². The molecular weight excluding hydrogens is 1870 g/mol. The van der Waals surface area contributed by atoms with Crippen LogP contribution in [0.4, 0.5) is 34.1 Å². The second-order valence-electron chi connectivity index (χ2n) is 41.9. The summed E-state index contributed by atoms with van der Waals surface area (Å²) in [4.78, 5) is 89.3. The first-order valence-corrected chi connectivity index (χ1v) is 55.5. The lowest BCUT2D eigenvalue weighted by atomic mass is 10.00. The molecule has 30 nitrogen and oxygen atoms in total. The Balaban J connectivity index is 0.000000271. The molecule has 0 saturated carbocycles. The third-order valence-electron chi connectivity index (χ3n) is 27.4. The molecule has 148 heavy (non-hydrogen) atoms. The molecule has 5 saturated heterocycles. The van der Waals surface area contributed by atoms with Gasteiger partial charge in [0, 0.05) is 71.5 Å². The number of anilines is 6. The van der Waals surface area contributed by atoms with Gasteiger partial charge in [0.1, 0.15) is 90.8 Å². The van der Waals surface area contributed by atoms with Crippen molar-refractivity contribution in [1.82, 2.24) is 29.4 Å². The van der Waals surface area contributed by atoms with E-state index in [0.29, 0.717) is 217 Å². The zero-order chi connectivity index (χ0) is 109. The molecule has 0 spiro atoms. The lowest BCUT2D eigenvalue weighted by Crippen LogP contribution is -2.45. The first-order chi connectivity index (χ1) is 71.0. The minimum atomic E-state index is -0.350. The van der Waals surface area contributed by atoms with Gasteiger partial charge in [-0.25, -0.2) is 28.8 Å². The quantitative estimate of drug-likeness (QED) is 0.00894. The van der Waals surface area contributed by atoms with E-state index in [-0.39, 0.29) is 72.1 Å². The van der Waals surface area contributed by atoms with Gasteiger partial charge in [-0.2, -0.15) is 0 Å². The van der Waals surface area contributed by atoms with E-state index >= 15 is 0 Å². The predicted octanol–water partition coefficient (Wildman–Crippen LogP) is 21.8. The van der Waals surface area contributed by atoms with Crippen molar-refractivity contribution in [3.05, 3.63) is 143 Å². The number of likely N-dealkylation sites (N-methyl/N-ethyl adjacent to an activating group) is 1. The van der Waals surface area contributed by atoms with Crippen LogP contribution in [0.3, 0.4) is 0 Å². The fourth-order valence-electron chi connectivity index (χ4n) is 18.5. The van der Waals surface area contributed by atoms with E-state index in [0.717, 1.165) is 110 Å². The number of ether oxygens (including phenoxy) is 12. The van der Waals surface area contributed by atoms with Crippen LogP contribution in [-0.2, 0) is 28.4 Å². The normalized spacial score (nSPS) is 16.0. The van der Waals surface area contributed by atoms with Gasteiger partial charge >= 0.3 is 35.8 Å². The Morgan fingerprint density at radius 1 is 0.277 bits per heavy atom. The van der Waals surface area contributed by atoms with E-state index in [1.807, 2.05) is 41.8 Å². The highest BCUT2D eigenvalue weighted by molar-refractivity contribution is 5.95. The Morgan fingerprint density at radius 3 is 0.764 bits per heavy atom. The van der Waals surface area contributed by atoms with Crippen LogP contribution in [0.1, 0.15) is 328 Å². The fraction of sp³-hybridized carbons (Fsp3) is 0.644. The molecule has 6 aromatic carbocycles. The number of hydrogen-bond donors (Lipinski definition) is 6. The van der Waals surface area contributed by atoms with Crippen molar-refractivity contribution < 1.29 is 85.6 Å². The van der Waals surface area contributed by atoms with Crippen molar-refractivity contribution in [3.8, 4) is 34.5 Å². The highest BCUT2D eigenvalue weighted by atomic mass is 16.6. The van der Waals surface area contributed by atoms with Gasteiger partial charge in [0.2, 0.25) is 0 Å². The first-order valence-electron chi connectivity index (χ1n) is 55.5. The van der Waals surface area contributed by atoms with E-state index in [2.05, 4.69) is 126 Å². The minimum Gasteiger partial charge on any atom is -0.493 e. The molecule has 30 heteroatoms. The van der Waals surface area contributed by atoms with Crippen molar-refractivity contribution in [3.63, 3.8) is 0 Å². The predicted molar refractivity (Wildman–Crippen MR) is 599 cm³/mol. The number of hydrogen-bond acceptors (Lipinski definition) is 30. The van der Waals surface area contributed by atoms with Crippen molar-refractivity contribution in [2.75, 3.05) is 193 Å². The number of carbonyl (C=O) groups excluding carboxylic acids is 6. The third-order valence-corrected chi connectivity index (χ3v) is 27.4. The first kappa shape index (κ1) is 126. The van der Waals surface area contributed by atoms with Gasteiger partial charge in [-0.3, -0.25) is 24.5 Å². The standard InChI is InChI=1S/2C21H34N2O3.2C20H32N2O3.C19H30N2O3.C17H28N2O3/c1-4-5-13-25-20-14-17(22)9-10-18(20)21(24)26-15-19(16(2)3)23-11-7-6-8-12-23;1-4-5-13-25-20-14-17(9-10-18(20)22)21(24)26-15-19(16(2)3)23-11-7-6-8-12-23;1-4-12-24-19-13-16(21)8-9-17(19)20(23)25-14-18(15(2)3)22-10-6-5-7-11-22;1-4-12-24-19-13-16(8-9-17(19)21)20(23)25-14-18(15(2)3)22-10-6-5-7-11-22;1-4-23-18-12-15(20)8-9-16(18)19(22)24-13-17(14(2)3)21-10-6-5-7-11-21;1-6-21-16-10-13(7-8-15(16)18)17(20)22-11-14(19(4)5)9-12(2)3/h2*9-10,14,16,19H,4-8,11-13,15,22H2,1-3H3;2*8-9,13,15,18H,4-7,10-12,14,21H2,1-3H3;8-9,12,14,17H,4-7,10-11,13,20H2,1-3H3;7-8,10,12,14H,6,9,11,18H2,1-5H3/t2*19-;2*18-;17-;14-/m111110/s1. The molecular formula is C118H190N12O18. The topological polar surface area (TPSA) is 389 Å². The third kappa shape index (κ3) is 45.0. The Morgan fingerprint density at radius 2 is 0.514 bits per heavy atom. The average Bonchev–Trinajstić information content (AvgIpc) is 0.667. The van der Waals surface area contributed by atoms with E-state index in [9.17, 15) is 28.8 Å². The van der Waals surface area contributed by atoms with Crippen LogP contribution < -0.4 is 62.8 Å². The summed E-state index contributed by atoms with van der Waals surface area (Å²) >= 11 is 0. The van der Waals surface area contributed by atoms with Gasteiger partial charge in [0.05, 0.1) is 73.4 Å². The zero-order valence-electron chi connectivity index (χ0n) is 93.9. The van der Waals surface area contributed by atoms with Gasteiger partial charge in [0.15, 0.2) is 0 Å². The molecule has 5 aliphatic heterocycles. The number of likely N-dealkylation sites (tertiary alicyclic amines) is 5. The summed E-state index contributed by atoms with van der Waals surface area (Å²) in [5.74, 6) is 3.89. The summed E-state index contributed by atoms with van der Waals surface area (Å²) in [5.41, 5.74) is 41.2. The van der Waals surface area contributed by atoms with Crippen molar-refractivity contribution in [2.24, 2.45) is 35.5 Å². The van der Waals surface area contributed by atoms with Crippen LogP contribution in [0.5, 0.6) is 34.5 Å². The summed E-state index contributed by atoms with van der Waals surface area (Å²) in [6.45, 7) is 54.9. The number of benzene rings is 6. The SMILES string of the molecule is CCCCOc1cc(C(=O)OC[C@H](C(C)C)N2CCCCC2)ccc1N.CCCCOc1cc(N)ccc1C(=O)OC[C@H](C(C)C)N1CCCCC1.CCCOc1cc(C(=O)OC[C@H](C(C)C)N2CCCCC2)ccc1N.CCCOc1cc(N)ccc1C(=O)OC[C@H](C(C)C)N1CCCCC1.CCOc1cc(C(=O)OC[C@H](CC(C)C)N(C)C)ccc1N.CCOc1cc(N)ccc1C(=O)OC[C@H](C(C)C)N1CCCCC1. The maximum absolute atomic E-state index is 12.7. The Hall–Kier alpha value is -10.5. The molecule has 5 fully saturated rings. The van der Waals surface area contributed by atoms with Crippen molar-refractivity contribution in [2.45, 2.75) is 302 Å². The minimum absolute atomic E-state index is 0.212. The van der Waals surface area contributed by atoms with Gasteiger partial charge in [-0.1, -0.05) is 156 Å². The molecule has 0 aromatic heterocycles. The number of piperidine rings is 5. The van der Waals surface area contributed by atoms with Crippen LogP contribution in [-0.4, -0.2) is 260 Å². The van der Waals surface area contributed by atoms with Crippen LogP contribution in [0.15, 0.2) is 109 Å². The molecule has 0 unspecified atom stereocenters. The molecule has 0 bridgehead atoms. The van der Waals surface area contributed by atoms with Crippen LogP contribution in [0.25, 0.3) is 0 Å². The number of unbranched alkanes of at least 4 members (excludes halogenated alkanes) is 2. The summed E-state index contributed by atoms with van der Waals surface area (Å²) in [7, 11) is 3.99. The Labute approximate surface area is 888 Å². The van der Waals surface area contributed by atoms with Crippen LogP contribution >= 0.6 is 0 Å². The lowest BCUT2D eigenvalue weighted by molar-refractivity contribution is 0.0223. The van der Waals surface area contributed by atoms with Crippen LogP contribution in [0, 0.1) is 35.5 Å². The highest BCUT2D eigenvalue weighted by Gasteiger charge is 2.33. The number of nitrogens with two attached hydrogens (primary N) is 6. The number of nitrogen functional groups attached to an aromatic ring is 6. The summed E-state index contributed by atoms with van der Waals surface area (Å²) in [5, 5.41) is 0. The maximum atomic E-state index is 12.7. The largest absolute Gasteiger partial charge is 0.493 e. The van der Waals surface area contributed by atoms with E-state index in [4.69, 9.17) is 91.2 Å². The van der Waals surface area contributed by atoms with E-state index in [1.165, 1.54) is 96.3 Å². The summed E-state index contributed by atoms with van der Waals surface area (Å²) in [6, 6.07) is 31.9. The molecule has 11 rings (SSSR count). The molecule has 0 amide bonds. The number of esters is 6. The average molecular weight is 2060 g/mol. The molecule has 5 aliphatic rings. The molecule has 12 N–H and O–H groups in total. The number of rotatable bonds is 49. The second kappa shape index (κ2) is 69.8. The van der Waals surface area contributed by atoms with Crippen molar-refractivity contribution >= 4 is 69.9 Å². The molecule has 0 radical (unpaired) electrons. The van der Waals surface area contributed by atoms with Gasteiger partial charge in [0.25, 0.3) is 0 Å². The van der Waals surface area contributed by atoms with E-state index in [1.54, 1.807) is 109 Å². The highest BCUT2D eigenvalue weighted by Crippen LogP contribution is 2.33. The van der Waals surface area contributed by atoms with Gasteiger partial charge < -0.3 is 96.1 Å².